The molecule has 1 N–H and O–H groups in total. The number of ether oxygens (including phenoxy) is 1. The Morgan fingerprint density at radius 1 is 1.15 bits per heavy atom. The average Bonchev–Trinajstić information content (AvgIpc) is 3.31. The van der Waals surface area contributed by atoms with Gasteiger partial charge in [0.05, 0.1) is 29.2 Å². The summed E-state index contributed by atoms with van der Waals surface area (Å²) >= 11 is 2.72. The summed E-state index contributed by atoms with van der Waals surface area (Å²) in [6.45, 7) is 3.84. The Kier molecular flexibility index (Phi) is 6.99. The van der Waals surface area contributed by atoms with E-state index in [0.717, 1.165) is 21.3 Å². The van der Waals surface area contributed by atoms with E-state index in [-0.39, 0.29) is 18.2 Å². The van der Waals surface area contributed by atoms with Crippen LogP contribution in [0.3, 0.4) is 0 Å². The Morgan fingerprint density at radius 2 is 1.91 bits per heavy atom. The number of benzene rings is 2. The highest BCUT2D eigenvalue weighted by Crippen LogP contribution is 2.50. The summed E-state index contributed by atoms with van der Waals surface area (Å²) in [4.78, 5) is 47.1. The predicted octanol–water partition coefficient (Wildman–Crippen LogP) is 4.47. The van der Waals surface area contributed by atoms with E-state index in [9.17, 15) is 14.4 Å². The molecule has 0 atom stereocenters. The fourth-order valence-corrected chi connectivity index (χ4v) is 5.87. The number of hydrogen-bond acceptors (Lipinski definition) is 9. The number of Topliss-reactive ketones (excluding diaryl/α,β-unsaturated/α-hetero) is 1. The van der Waals surface area contributed by atoms with Crippen LogP contribution < -0.4 is 10.2 Å². The topological polar surface area (TPSA) is 91.3 Å². The first-order chi connectivity index (χ1) is 16.3. The number of nitrogens with zero attached hydrogens (tertiary/aromatic N) is 3. The van der Waals surface area contributed by atoms with Crippen molar-refractivity contribution in [2.75, 3.05) is 37.5 Å². The molecule has 0 aromatic heterocycles. The second-order valence-corrected chi connectivity index (χ2v) is 9.55. The van der Waals surface area contributed by atoms with E-state index in [2.05, 4.69) is 5.32 Å². The molecule has 2 aromatic carbocycles. The summed E-state index contributed by atoms with van der Waals surface area (Å²) in [6, 6.07) is 13.1. The average molecular weight is 497 g/mol. The Bertz CT molecular complexity index is 1240. The number of amides is 1. The minimum absolute atomic E-state index is 0.0874. The van der Waals surface area contributed by atoms with Crippen LogP contribution in [0.4, 0.5) is 17.1 Å². The number of rotatable bonds is 6. The Morgan fingerprint density at radius 3 is 2.59 bits per heavy atom. The van der Waals surface area contributed by atoms with Gasteiger partial charge in [-0.3, -0.25) is 19.3 Å². The number of methoxy groups -OCH3 is 1. The molecule has 34 heavy (non-hydrogen) atoms. The van der Waals surface area contributed by atoms with Crippen LogP contribution in [-0.2, 0) is 14.3 Å². The molecular formula is C24H24N4O4S2. The van der Waals surface area contributed by atoms with Crippen molar-refractivity contribution in [1.29, 1.82) is 0 Å². The molecule has 0 unspecified atom stereocenters. The molecule has 0 bridgehead atoms. The number of nitrogens with one attached hydrogen (secondary N) is 1. The molecule has 0 saturated carbocycles. The van der Waals surface area contributed by atoms with Crippen molar-refractivity contribution in [2.24, 2.45) is 4.99 Å². The summed E-state index contributed by atoms with van der Waals surface area (Å²) in [6.07, 6.45) is 0. The van der Waals surface area contributed by atoms with E-state index in [0.29, 0.717) is 27.9 Å². The number of fused-ring (bicyclic) bond motifs is 1. The second-order valence-electron chi connectivity index (χ2n) is 7.55. The van der Waals surface area contributed by atoms with Gasteiger partial charge in [-0.2, -0.15) is 0 Å². The number of anilines is 2. The molecule has 2 aliphatic rings. The van der Waals surface area contributed by atoms with Gasteiger partial charge in [-0.1, -0.05) is 23.9 Å². The highest BCUT2D eigenvalue weighted by Gasteiger charge is 2.40. The van der Waals surface area contributed by atoms with Gasteiger partial charge in [0.1, 0.15) is 11.4 Å². The summed E-state index contributed by atoms with van der Waals surface area (Å²) in [5.74, 6) is -0.951. The highest BCUT2D eigenvalue weighted by molar-refractivity contribution is 8.19. The zero-order valence-corrected chi connectivity index (χ0v) is 20.9. The first kappa shape index (κ1) is 23.9. The van der Waals surface area contributed by atoms with Gasteiger partial charge in [0, 0.05) is 24.1 Å². The van der Waals surface area contributed by atoms with E-state index >= 15 is 0 Å². The maximum atomic E-state index is 13.5. The third-order valence-electron chi connectivity index (χ3n) is 5.30. The molecule has 0 radical (unpaired) electrons. The molecule has 2 aromatic rings. The summed E-state index contributed by atoms with van der Waals surface area (Å²) < 4.78 is 4.82. The molecule has 2 heterocycles. The summed E-state index contributed by atoms with van der Waals surface area (Å²) in [5, 5.41) is 4.36. The number of amidine groups is 1. The first-order valence-electron chi connectivity index (χ1n) is 10.6. The van der Waals surface area contributed by atoms with Crippen molar-refractivity contribution in [2.45, 2.75) is 18.7 Å². The van der Waals surface area contributed by atoms with Gasteiger partial charge in [-0.05, 0) is 55.9 Å². The predicted molar refractivity (Wildman–Crippen MR) is 137 cm³/mol. The molecule has 8 nitrogen and oxygen atoms in total. The van der Waals surface area contributed by atoms with Gasteiger partial charge in [0.15, 0.2) is 11.0 Å². The lowest BCUT2D eigenvalue weighted by molar-refractivity contribution is -0.143. The van der Waals surface area contributed by atoms with Gasteiger partial charge in [0.25, 0.3) is 5.91 Å². The maximum absolute atomic E-state index is 13.5. The monoisotopic (exact) mass is 496 g/mol. The van der Waals surface area contributed by atoms with Crippen LogP contribution in [-0.4, -0.2) is 55.0 Å². The molecule has 0 aliphatic carbocycles. The fraction of sp³-hybridized carbons (Fsp3) is 0.250. The van der Waals surface area contributed by atoms with Gasteiger partial charge in [0.2, 0.25) is 0 Å². The van der Waals surface area contributed by atoms with E-state index < -0.39 is 5.97 Å². The SMILES string of the molecule is CCNc1ccc(C(C)=O)cc1/N=C1/S/C(=C2\Sc3ccccc3N2C)C(=O)N1CC(=O)OC. The Balaban J connectivity index is 1.80. The van der Waals surface area contributed by atoms with Gasteiger partial charge < -0.3 is 15.0 Å². The lowest BCUT2D eigenvalue weighted by atomic mass is 10.1. The van der Waals surface area contributed by atoms with Crippen LogP contribution in [0.2, 0.25) is 0 Å². The number of thioether (sulfide) groups is 2. The lowest BCUT2D eigenvalue weighted by Gasteiger charge is -2.16. The van der Waals surface area contributed by atoms with Gasteiger partial charge in [-0.15, -0.1) is 0 Å². The number of carbonyl (C=O) groups excluding carboxylic acids is 3. The molecule has 0 spiro atoms. The summed E-state index contributed by atoms with van der Waals surface area (Å²) in [5.41, 5.74) is 2.76. The highest BCUT2D eigenvalue weighted by atomic mass is 32.2. The van der Waals surface area contributed by atoms with Crippen molar-refractivity contribution >= 4 is 63.4 Å². The van der Waals surface area contributed by atoms with Crippen LogP contribution >= 0.6 is 23.5 Å². The maximum Gasteiger partial charge on any atom is 0.325 e. The second kappa shape index (κ2) is 9.94. The largest absolute Gasteiger partial charge is 0.468 e. The van der Waals surface area contributed by atoms with Crippen LogP contribution in [0.15, 0.2) is 62.3 Å². The minimum atomic E-state index is -0.548. The van der Waals surface area contributed by atoms with Crippen molar-refractivity contribution in [3.8, 4) is 0 Å². The standard InChI is InChI=1S/C24H24N4O4S2/c1-5-25-16-11-10-15(14(2)29)12-17(16)26-24-28(13-20(30)32-4)22(31)21(34-24)23-27(3)18-8-6-7-9-19(18)33-23/h6-12,25H,5,13H2,1-4H3/b23-21-,26-24+. The van der Waals surface area contributed by atoms with E-state index in [1.165, 1.54) is 42.5 Å². The Hall–Kier alpha value is -3.24. The number of ketones is 1. The number of aliphatic imine (C=N–C) groups is 1. The molecular weight excluding hydrogens is 472 g/mol. The molecule has 10 heteroatoms. The van der Waals surface area contributed by atoms with Crippen LogP contribution in [0, 0.1) is 0 Å². The normalized spacial score (nSPS) is 18.5. The minimum Gasteiger partial charge on any atom is -0.468 e. The molecule has 1 amide bonds. The first-order valence-corrected chi connectivity index (χ1v) is 12.3. The van der Waals surface area contributed by atoms with Crippen molar-refractivity contribution in [3.63, 3.8) is 0 Å². The molecule has 176 valence electrons. The van der Waals surface area contributed by atoms with Crippen molar-refractivity contribution in [1.82, 2.24) is 4.90 Å². The van der Waals surface area contributed by atoms with Crippen molar-refractivity contribution in [3.05, 3.63) is 58.0 Å². The number of hydrogen-bond donors (Lipinski definition) is 1. The zero-order valence-electron chi connectivity index (χ0n) is 19.2. The number of carbonyl (C=O) groups is 3. The van der Waals surface area contributed by atoms with Gasteiger partial charge >= 0.3 is 5.97 Å². The molecule has 4 rings (SSSR count). The van der Waals surface area contributed by atoms with Crippen LogP contribution in [0.5, 0.6) is 0 Å². The third kappa shape index (κ3) is 4.55. The lowest BCUT2D eigenvalue weighted by Crippen LogP contribution is -2.35. The zero-order chi connectivity index (χ0) is 24.4. The third-order valence-corrected chi connectivity index (χ3v) is 7.73. The smallest absolute Gasteiger partial charge is 0.325 e. The van der Waals surface area contributed by atoms with Crippen LogP contribution in [0.25, 0.3) is 0 Å². The van der Waals surface area contributed by atoms with Gasteiger partial charge in [-0.25, -0.2) is 4.99 Å². The quantitative estimate of drug-likeness (QED) is 0.356. The fourth-order valence-electron chi connectivity index (χ4n) is 3.54. The summed E-state index contributed by atoms with van der Waals surface area (Å²) in [7, 11) is 3.19. The molecule has 2 aliphatic heterocycles. The number of esters is 1. The van der Waals surface area contributed by atoms with E-state index in [1.54, 1.807) is 18.2 Å². The molecule has 1 saturated heterocycles. The van der Waals surface area contributed by atoms with Crippen LogP contribution in [0.1, 0.15) is 24.2 Å². The Labute approximate surface area is 206 Å². The van der Waals surface area contributed by atoms with E-state index in [4.69, 9.17) is 9.73 Å². The van der Waals surface area contributed by atoms with Crippen molar-refractivity contribution < 1.29 is 19.1 Å². The molecule has 1 fully saturated rings. The van der Waals surface area contributed by atoms with E-state index in [1.807, 2.05) is 43.1 Å². The number of para-hydroxylation sites is 1.